The van der Waals surface area contributed by atoms with Gasteiger partial charge in [0.05, 0.1) is 11.5 Å². The molecule has 0 unspecified atom stereocenters. The van der Waals surface area contributed by atoms with Gasteiger partial charge in [-0.2, -0.15) is 0 Å². The molecule has 3 heteroatoms. The van der Waals surface area contributed by atoms with Gasteiger partial charge in [0, 0.05) is 16.5 Å². The van der Waals surface area contributed by atoms with Crippen LogP contribution in [0, 0.1) is 0 Å². The van der Waals surface area contributed by atoms with Crippen LogP contribution in [0.1, 0.15) is 33.3 Å². The summed E-state index contributed by atoms with van der Waals surface area (Å²) in [5.74, 6) is 0.794. The molecule has 0 aromatic heterocycles. The molecule has 0 aliphatic carbocycles. The summed E-state index contributed by atoms with van der Waals surface area (Å²) < 4.78 is 5.91. The highest BCUT2D eigenvalue weighted by molar-refractivity contribution is 6.07. The smallest absolute Gasteiger partial charge is 0.234 e. The van der Waals surface area contributed by atoms with Crippen LogP contribution < -0.4 is 10.1 Å². The topological polar surface area (TPSA) is 38.3 Å². The van der Waals surface area contributed by atoms with Crippen molar-refractivity contribution in [1.82, 2.24) is 0 Å². The summed E-state index contributed by atoms with van der Waals surface area (Å²) in [5, 5.41) is 5.08. The first-order chi connectivity index (χ1) is 12.4. The van der Waals surface area contributed by atoms with Crippen molar-refractivity contribution in [2.45, 2.75) is 39.2 Å². The lowest BCUT2D eigenvalue weighted by atomic mass is 9.83. The number of ether oxygens (including phenoxy) is 1. The first-order valence-electron chi connectivity index (χ1n) is 8.95. The summed E-state index contributed by atoms with van der Waals surface area (Å²) in [7, 11) is 0. The zero-order chi connectivity index (χ0) is 18.7. The number of fused-ring (bicyclic) bond motifs is 1. The van der Waals surface area contributed by atoms with Gasteiger partial charge < -0.3 is 10.1 Å². The van der Waals surface area contributed by atoms with Crippen molar-refractivity contribution in [3.8, 4) is 5.75 Å². The Bertz CT molecular complexity index is 914. The van der Waals surface area contributed by atoms with Crippen molar-refractivity contribution in [3.63, 3.8) is 0 Å². The Balaban J connectivity index is 1.95. The van der Waals surface area contributed by atoms with E-state index in [-0.39, 0.29) is 12.0 Å². The van der Waals surface area contributed by atoms with E-state index in [0.717, 1.165) is 27.8 Å². The Morgan fingerprint density at radius 2 is 1.50 bits per heavy atom. The molecule has 3 aromatic rings. The van der Waals surface area contributed by atoms with Gasteiger partial charge in [-0.15, -0.1) is 0 Å². The predicted octanol–water partition coefficient (Wildman–Crippen LogP) is 5.54. The zero-order valence-electron chi connectivity index (χ0n) is 15.7. The van der Waals surface area contributed by atoms with E-state index in [1.807, 2.05) is 94.4 Å². The molecule has 0 saturated carbocycles. The number of carbonyl (C=O) groups excluding carboxylic acids is 1. The second kappa shape index (κ2) is 7.20. The minimum absolute atomic E-state index is 0.0358. The van der Waals surface area contributed by atoms with Crippen molar-refractivity contribution >= 4 is 22.4 Å². The molecule has 0 aliphatic heterocycles. The van der Waals surface area contributed by atoms with Gasteiger partial charge in [0.1, 0.15) is 5.75 Å². The minimum Gasteiger partial charge on any atom is -0.490 e. The van der Waals surface area contributed by atoms with E-state index in [1.54, 1.807) is 0 Å². The van der Waals surface area contributed by atoms with Gasteiger partial charge in [-0.05, 0) is 45.4 Å². The molecule has 26 heavy (non-hydrogen) atoms. The average Bonchev–Trinajstić information content (AvgIpc) is 2.64. The van der Waals surface area contributed by atoms with Crippen LogP contribution in [-0.4, -0.2) is 12.0 Å². The number of rotatable bonds is 5. The molecule has 3 nitrogen and oxygen atoms in total. The molecule has 0 fully saturated rings. The zero-order valence-corrected chi connectivity index (χ0v) is 15.7. The predicted molar refractivity (Wildman–Crippen MR) is 108 cm³/mol. The summed E-state index contributed by atoms with van der Waals surface area (Å²) in [6.45, 7) is 7.89. The number of nitrogens with one attached hydrogen (secondary N) is 1. The van der Waals surface area contributed by atoms with Gasteiger partial charge in [0.2, 0.25) is 5.91 Å². The lowest BCUT2D eigenvalue weighted by Crippen LogP contribution is -2.34. The van der Waals surface area contributed by atoms with Crippen LogP contribution in [0.5, 0.6) is 5.75 Å². The highest BCUT2D eigenvalue weighted by atomic mass is 16.5. The van der Waals surface area contributed by atoms with Gasteiger partial charge in [-0.3, -0.25) is 4.79 Å². The molecule has 0 heterocycles. The third kappa shape index (κ3) is 3.57. The van der Waals surface area contributed by atoms with Crippen molar-refractivity contribution < 1.29 is 9.53 Å². The number of benzene rings is 3. The van der Waals surface area contributed by atoms with E-state index in [4.69, 9.17) is 4.74 Å². The maximum atomic E-state index is 13.0. The van der Waals surface area contributed by atoms with E-state index in [1.165, 1.54) is 0 Å². The summed E-state index contributed by atoms with van der Waals surface area (Å²) in [6.07, 6.45) is 0.0934. The largest absolute Gasteiger partial charge is 0.490 e. The fourth-order valence-electron chi connectivity index (χ4n) is 3.00. The molecule has 0 spiro atoms. The molecular formula is C23H25NO2. The third-order valence-corrected chi connectivity index (χ3v) is 4.56. The Hall–Kier alpha value is -2.81. The summed E-state index contributed by atoms with van der Waals surface area (Å²) in [5.41, 5.74) is 1.16. The highest BCUT2D eigenvalue weighted by Crippen LogP contribution is 2.33. The number of amides is 1. The van der Waals surface area contributed by atoms with Crippen LogP contribution >= 0.6 is 0 Å². The van der Waals surface area contributed by atoms with Crippen LogP contribution in [0.3, 0.4) is 0 Å². The van der Waals surface area contributed by atoms with E-state index >= 15 is 0 Å². The molecule has 1 amide bonds. The van der Waals surface area contributed by atoms with E-state index in [9.17, 15) is 4.79 Å². The fourth-order valence-corrected chi connectivity index (χ4v) is 3.00. The second-order valence-electron chi connectivity index (χ2n) is 7.27. The SMILES string of the molecule is CC(C)Oc1ccc(NC(=O)C(C)(C)c2ccccc2)c2ccccc12. The maximum absolute atomic E-state index is 13.0. The quantitative estimate of drug-likeness (QED) is 0.658. The van der Waals surface area contributed by atoms with Gasteiger partial charge in [-0.25, -0.2) is 0 Å². The van der Waals surface area contributed by atoms with Crippen LogP contribution in [-0.2, 0) is 10.2 Å². The number of anilines is 1. The fraction of sp³-hybridized carbons (Fsp3) is 0.261. The van der Waals surface area contributed by atoms with Gasteiger partial charge in [-0.1, -0.05) is 54.6 Å². The molecule has 0 saturated heterocycles. The Morgan fingerprint density at radius 3 is 2.15 bits per heavy atom. The molecule has 0 radical (unpaired) electrons. The normalized spacial score (nSPS) is 11.6. The Kier molecular flexibility index (Phi) is 4.99. The third-order valence-electron chi connectivity index (χ3n) is 4.56. The van der Waals surface area contributed by atoms with Gasteiger partial charge in [0.25, 0.3) is 0 Å². The molecule has 0 bridgehead atoms. The summed E-state index contributed by atoms with van der Waals surface area (Å²) in [6, 6.07) is 21.7. The van der Waals surface area contributed by atoms with Crippen molar-refractivity contribution in [2.24, 2.45) is 0 Å². The molecule has 0 atom stereocenters. The number of hydrogen-bond acceptors (Lipinski definition) is 2. The maximum Gasteiger partial charge on any atom is 0.234 e. The highest BCUT2D eigenvalue weighted by Gasteiger charge is 2.30. The lowest BCUT2D eigenvalue weighted by Gasteiger charge is -2.25. The second-order valence-corrected chi connectivity index (χ2v) is 7.27. The average molecular weight is 347 g/mol. The minimum atomic E-state index is -0.629. The monoisotopic (exact) mass is 347 g/mol. The molecule has 0 aliphatic rings. The Morgan fingerprint density at radius 1 is 0.885 bits per heavy atom. The van der Waals surface area contributed by atoms with Crippen molar-refractivity contribution in [2.75, 3.05) is 5.32 Å². The van der Waals surface area contributed by atoms with Gasteiger partial charge in [0.15, 0.2) is 0 Å². The summed E-state index contributed by atoms with van der Waals surface area (Å²) >= 11 is 0. The van der Waals surface area contributed by atoms with E-state index in [0.29, 0.717) is 0 Å². The molecule has 3 aromatic carbocycles. The number of carbonyl (C=O) groups is 1. The molecular weight excluding hydrogens is 322 g/mol. The van der Waals surface area contributed by atoms with E-state index in [2.05, 4.69) is 5.32 Å². The van der Waals surface area contributed by atoms with E-state index < -0.39 is 5.41 Å². The van der Waals surface area contributed by atoms with Crippen LogP contribution in [0.15, 0.2) is 66.7 Å². The van der Waals surface area contributed by atoms with Crippen molar-refractivity contribution in [1.29, 1.82) is 0 Å². The van der Waals surface area contributed by atoms with Crippen LogP contribution in [0.4, 0.5) is 5.69 Å². The van der Waals surface area contributed by atoms with Gasteiger partial charge >= 0.3 is 0 Å². The molecule has 134 valence electrons. The molecule has 1 N–H and O–H groups in total. The standard InChI is InChI=1S/C23H25NO2/c1-16(2)26-21-15-14-20(18-12-8-9-13-19(18)21)24-22(25)23(3,4)17-10-6-5-7-11-17/h5-16H,1-4H3,(H,24,25). The number of hydrogen-bond donors (Lipinski definition) is 1. The lowest BCUT2D eigenvalue weighted by molar-refractivity contribution is -0.120. The first-order valence-corrected chi connectivity index (χ1v) is 8.95. The summed E-state index contributed by atoms with van der Waals surface area (Å²) in [4.78, 5) is 13.0. The van der Waals surface area contributed by atoms with Crippen molar-refractivity contribution in [3.05, 3.63) is 72.3 Å². The first kappa shape index (κ1) is 18.0. The van der Waals surface area contributed by atoms with Crippen LogP contribution in [0.25, 0.3) is 10.8 Å². The Labute approximate surface area is 155 Å². The molecule has 3 rings (SSSR count). The van der Waals surface area contributed by atoms with Crippen LogP contribution in [0.2, 0.25) is 0 Å².